The standard InChI is InChI=1S/C21H24BN2O2.3C2H6.CH3.Cs/c1-3-5-7-17(8-6-13-26-22-4-2)14-21(25)24-20-10-9-19-16-23-12-11-18(19)15-20;3*1-2;;/h3,6-12,15-16H,1,4-5,13-14H2,2H3,(H,24,25);3*1-2H3;1H3;/q;;;;-1;+1/b8-6-,17-7+;;;;;. The van der Waals surface area contributed by atoms with Crippen LogP contribution in [0.15, 0.2) is 73.1 Å². The Kier molecular flexibility index (Phi) is 36.3. The zero-order valence-corrected chi connectivity index (χ0v) is 29.4. The van der Waals surface area contributed by atoms with Gasteiger partial charge in [0.2, 0.25) is 5.91 Å². The monoisotopic (exact) mass is 585 g/mol. The van der Waals surface area contributed by atoms with Crippen LogP contribution in [0.5, 0.6) is 0 Å². The Morgan fingerprint density at radius 1 is 1.12 bits per heavy atom. The van der Waals surface area contributed by atoms with Gasteiger partial charge in [0.1, 0.15) is 0 Å². The summed E-state index contributed by atoms with van der Waals surface area (Å²) in [5.74, 6) is -0.0561. The maximum Gasteiger partial charge on any atom is 1.00 e. The van der Waals surface area contributed by atoms with Crippen molar-refractivity contribution in [1.82, 2.24) is 4.98 Å². The number of nitrogens with zero attached hydrogens (tertiary/aromatic N) is 1. The molecule has 0 fully saturated rings. The molecule has 0 aliphatic carbocycles. The molecule has 0 atom stereocenters. The van der Waals surface area contributed by atoms with Crippen LogP contribution >= 0.6 is 0 Å². The molecule has 0 saturated heterocycles. The summed E-state index contributed by atoms with van der Waals surface area (Å²) in [5.41, 5.74) is 1.72. The Bertz CT molecular complexity index is 808. The first-order valence-electron chi connectivity index (χ1n) is 11.8. The number of aromatic nitrogens is 1. The first kappa shape index (κ1) is 40.6. The number of allylic oxidation sites excluding steroid dienone is 3. The second-order valence-electron chi connectivity index (χ2n) is 5.78. The molecule has 6 heteroatoms. The molecule has 2 rings (SSSR count). The van der Waals surface area contributed by atoms with Gasteiger partial charge in [-0.3, -0.25) is 9.78 Å². The van der Waals surface area contributed by atoms with Crippen molar-refractivity contribution in [3.05, 3.63) is 80.5 Å². The normalized spacial score (nSPS) is 9.44. The van der Waals surface area contributed by atoms with Gasteiger partial charge in [0, 0.05) is 30.1 Å². The molecule has 0 aliphatic heterocycles. The van der Waals surface area contributed by atoms with Crippen LogP contribution in [0.1, 0.15) is 61.3 Å². The van der Waals surface area contributed by atoms with Crippen molar-refractivity contribution >= 4 is 29.8 Å². The molecular weight excluding hydrogens is 540 g/mol. The van der Waals surface area contributed by atoms with E-state index in [0.717, 1.165) is 34.8 Å². The number of amides is 1. The van der Waals surface area contributed by atoms with Crippen molar-refractivity contribution in [1.29, 1.82) is 0 Å². The number of carbonyl (C=O) groups excluding carboxylic acids is 1. The molecule has 2 aromatic rings. The fourth-order valence-corrected chi connectivity index (χ4v) is 2.43. The molecule has 1 aromatic carbocycles. The number of benzene rings is 1. The van der Waals surface area contributed by atoms with E-state index >= 15 is 0 Å². The van der Waals surface area contributed by atoms with Crippen molar-refractivity contribution in [2.75, 3.05) is 11.9 Å². The summed E-state index contributed by atoms with van der Waals surface area (Å²) in [4.78, 5) is 16.5. The minimum atomic E-state index is -0.0561. The molecule has 1 amide bonds. The first-order chi connectivity index (χ1) is 15.7. The third-order valence-electron chi connectivity index (χ3n) is 3.64. The summed E-state index contributed by atoms with van der Waals surface area (Å²) in [6, 6.07) is 7.72. The van der Waals surface area contributed by atoms with Crippen molar-refractivity contribution in [3.63, 3.8) is 0 Å². The molecule has 0 saturated carbocycles. The predicted molar refractivity (Wildman–Crippen MR) is 150 cm³/mol. The minimum absolute atomic E-state index is 0. The van der Waals surface area contributed by atoms with E-state index in [0.29, 0.717) is 13.0 Å². The number of hydrogen-bond donors (Lipinski definition) is 1. The second kappa shape index (κ2) is 30.4. The Hall–Kier alpha value is -0.603. The van der Waals surface area contributed by atoms with Gasteiger partial charge in [-0.2, -0.15) is 0 Å². The van der Waals surface area contributed by atoms with Gasteiger partial charge in [0.05, 0.1) is 6.42 Å². The van der Waals surface area contributed by atoms with Crippen LogP contribution in [0.25, 0.3) is 10.8 Å². The smallest absolute Gasteiger partial charge is 0.437 e. The maximum absolute atomic E-state index is 12.4. The summed E-state index contributed by atoms with van der Waals surface area (Å²) in [6.45, 7) is 18.2. The molecule has 1 N–H and O–H groups in total. The Morgan fingerprint density at radius 3 is 2.41 bits per heavy atom. The summed E-state index contributed by atoms with van der Waals surface area (Å²) < 4.78 is 5.31. The van der Waals surface area contributed by atoms with E-state index in [4.69, 9.17) is 4.65 Å². The molecule has 1 aromatic heterocycles. The van der Waals surface area contributed by atoms with Gasteiger partial charge in [-0.1, -0.05) is 85.2 Å². The number of pyridine rings is 1. The fourth-order valence-electron chi connectivity index (χ4n) is 2.43. The van der Waals surface area contributed by atoms with E-state index in [2.05, 4.69) is 16.9 Å². The second-order valence-corrected chi connectivity index (χ2v) is 5.78. The number of carbonyl (C=O) groups is 1. The van der Waals surface area contributed by atoms with Crippen LogP contribution in [0, 0.1) is 7.43 Å². The molecule has 183 valence electrons. The molecule has 1 heterocycles. The molecule has 0 aliphatic rings. The van der Waals surface area contributed by atoms with Crippen LogP contribution in [0.2, 0.25) is 6.32 Å². The zero-order chi connectivity index (χ0) is 24.6. The Balaban J connectivity index is -0.000000520. The van der Waals surface area contributed by atoms with Gasteiger partial charge >= 0.3 is 68.9 Å². The van der Waals surface area contributed by atoms with Crippen LogP contribution in [-0.4, -0.2) is 25.0 Å². The molecule has 0 bridgehead atoms. The van der Waals surface area contributed by atoms with Gasteiger partial charge in [-0.25, -0.2) is 0 Å². The Morgan fingerprint density at radius 2 is 1.79 bits per heavy atom. The molecule has 1 radical (unpaired) electrons. The molecule has 0 spiro atoms. The van der Waals surface area contributed by atoms with Gasteiger partial charge in [-0.15, -0.1) is 6.58 Å². The van der Waals surface area contributed by atoms with E-state index in [1.54, 1.807) is 19.9 Å². The molecule has 0 unspecified atom stereocenters. The Labute approximate surface area is 269 Å². The van der Waals surface area contributed by atoms with Crippen LogP contribution in [-0.2, 0) is 9.45 Å². The number of hydrogen-bond acceptors (Lipinski definition) is 3. The van der Waals surface area contributed by atoms with E-state index < -0.39 is 0 Å². The van der Waals surface area contributed by atoms with Crippen molar-refractivity contribution in [3.8, 4) is 0 Å². The van der Waals surface area contributed by atoms with Gasteiger partial charge in [-0.05, 0) is 35.6 Å². The summed E-state index contributed by atoms with van der Waals surface area (Å²) in [6.07, 6.45) is 13.1. The zero-order valence-electron chi connectivity index (χ0n) is 23.2. The van der Waals surface area contributed by atoms with Crippen LogP contribution in [0.3, 0.4) is 0 Å². The largest absolute Gasteiger partial charge is 1.00 e. The van der Waals surface area contributed by atoms with E-state index in [-0.39, 0.29) is 82.2 Å². The average Bonchev–Trinajstić information content (AvgIpc) is 2.86. The van der Waals surface area contributed by atoms with E-state index in [1.165, 1.54) is 0 Å². The average molecular weight is 585 g/mol. The van der Waals surface area contributed by atoms with Crippen molar-refractivity contribution in [2.24, 2.45) is 0 Å². The van der Waals surface area contributed by atoms with Crippen molar-refractivity contribution < 1.29 is 78.3 Å². The van der Waals surface area contributed by atoms with Gasteiger partial charge in [0.25, 0.3) is 7.48 Å². The summed E-state index contributed by atoms with van der Waals surface area (Å²) in [5, 5.41) is 5.05. The molecular formula is C28H45BCsN2O2. The predicted octanol–water partition coefficient (Wildman–Crippen LogP) is 5.23. The summed E-state index contributed by atoms with van der Waals surface area (Å²) in [7, 11) is 1.76. The third kappa shape index (κ3) is 19.7. The first-order valence-corrected chi connectivity index (χ1v) is 11.8. The molecule has 34 heavy (non-hydrogen) atoms. The fraction of sp³-hybridized carbons (Fsp3) is 0.393. The maximum atomic E-state index is 12.4. The van der Waals surface area contributed by atoms with E-state index in [1.807, 2.05) is 97.0 Å². The van der Waals surface area contributed by atoms with Crippen LogP contribution in [0.4, 0.5) is 5.69 Å². The number of rotatable bonds is 10. The number of nitrogens with one attached hydrogen (secondary N) is 1. The van der Waals surface area contributed by atoms with E-state index in [9.17, 15) is 4.79 Å². The number of anilines is 1. The topological polar surface area (TPSA) is 51.2 Å². The molecule has 4 nitrogen and oxygen atoms in total. The van der Waals surface area contributed by atoms with Crippen LogP contribution < -0.4 is 74.2 Å². The van der Waals surface area contributed by atoms with Gasteiger partial charge < -0.3 is 17.4 Å². The number of fused-ring (bicyclic) bond motifs is 1. The minimum Gasteiger partial charge on any atom is -0.437 e. The summed E-state index contributed by atoms with van der Waals surface area (Å²) >= 11 is 0. The SMILES string of the molecule is C=CC/C=C(\C=C/CO[B]CC)CC(=O)Nc1ccc2cnccc2c1.CC.CC.CC.[CH3-].[Cs+]. The van der Waals surface area contributed by atoms with Crippen molar-refractivity contribution in [2.45, 2.75) is 67.6 Å². The third-order valence-corrected chi connectivity index (χ3v) is 3.64. The van der Waals surface area contributed by atoms with Gasteiger partial charge in [0.15, 0.2) is 0 Å². The quantitative estimate of drug-likeness (QED) is 0.137.